The molecule has 6 rings (SSSR count). The summed E-state index contributed by atoms with van der Waals surface area (Å²) in [5.41, 5.74) is 4.88. The average molecular weight is 484 g/mol. The molecule has 184 valence electrons. The molecule has 36 heavy (non-hydrogen) atoms. The molecule has 1 aromatic carbocycles. The molecule has 2 aliphatic rings. The Hall–Kier alpha value is -3.98. The molecule has 2 fully saturated rings. The standard InChI is InChI=1S/C27H29N7O2/c1-36-24-7-8-28-16-21(24)20-4-5-22-23(15-20)31-27(30-22)32-25-14-18(6-9-29-25)17-33-10-12-34(13-11-33)26(35)19-2-3-19/h4-9,14-16,19H,2-3,10-13,17H2,1H3,(H2,29,30,31,32). The maximum absolute atomic E-state index is 12.3. The summed E-state index contributed by atoms with van der Waals surface area (Å²) in [5.74, 6) is 2.80. The average Bonchev–Trinajstić information content (AvgIpc) is 3.68. The van der Waals surface area contributed by atoms with E-state index in [0.29, 0.717) is 17.8 Å². The van der Waals surface area contributed by atoms with Crippen molar-refractivity contribution in [1.29, 1.82) is 0 Å². The van der Waals surface area contributed by atoms with Gasteiger partial charge in [-0.05, 0) is 54.3 Å². The second-order valence-electron chi connectivity index (χ2n) is 9.44. The molecule has 1 aliphatic carbocycles. The lowest BCUT2D eigenvalue weighted by Crippen LogP contribution is -2.48. The third-order valence-corrected chi connectivity index (χ3v) is 6.88. The van der Waals surface area contributed by atoms with Crippen LogP contribution in [0.4, 0.5) is 11.8 Å². The number of ether oxygens (including phenoxy) is 1. The quantitative estimate of drug-likeness (QED) is 0.412. The maximum Gasteiger partial charge on any atom is 0.225 e. The Bertz CT molecular complexity index is 1390. The van der Waals surface area contributed by atoms with Crippen LogP contribution >= 0.6 is 0 Å². The van der Waals surface area contributed by atoms with Crippen molar-refractivity contribution in [3.63, 3.8) is 0 Å². The van der Waals surface area contributed by atoms with Crippen molar-refractivity contribution in [3.05, 3.63) is 60.6 Å². The number of aromatic nitrogens is 4. The lowest BCUT2D eigenvalue weighted by molar-refractivity contribution is -0.134. The number of nitrogens with zero attached hydrogens (tertiary/aromatic N) is 5. The lowest BCUT2D eigenvalue weighted by atomic mass is 10.1. The number of aromatic amines is 1. The molecule has 0 unspecified atom stereocenters. The van der Waals surface area contributed by atoms with Crippen molar-refractivity contribution in [3.8, 4) is 16.9 Å². The topological polar surface area (TPSA) is 99.3 Å². The van der Waals surface area contributed by atoms with Crippen molar-refractivity contribution >= 4 is 28.7 Å². The highest BCUT2D eigenvalue weighted by molar-refractivity contribution is 5.85. The van der Waals surface area contributed by atoms with Crippen molar-refractivity contribution in [2.75, 3.05) is 38.6 Å². The van der Waals surface area contributed by atoms with Crippen LogP contribution in [0.25, 0.3) is 22.2 Å². The van der Waals surface area contributed by atoms with E-state index in [1.54, 1.807) is 19.5 Å². The first kappa shape index (κ1) is 22.5. The molecule has 0 radical (unpaired) electrons. The molecule has 1 amide bonds. The number of piperazine rings is 1. The number of carbonyl (C=O) groups is 1. The number of methoxy groups -OCH3 is 1. The number of pyridine rings is 2. The van der Waals surface area contributed by atoms with E-state index in [-0.39, 0.29) is 0 Å². The number of anilines is 2. The number of hydrogen-bond acceptors (Lipinski definition) is 7. The minimum atomic E-state index is 0.299. The predicted octanol–water partition coefficient (Wildman–Crippen LogP) is 3.83. The third-order valence-electron chi connectivity index (χ3n) is 6.88. The summed E-state index contributed by atoms with van der Waals surface area (Å²) in [5, 5.41) is 3.31. The number of imidazole rings is 1. The molecular weight excluding hydrogens is 454 g/mol. The molecule has 4 aromatic rings. The van der Waals surface area contributed by atoms with Crippen LogP contribution in [0.15, 0.2) is 55.0 Å². The largest absolute Gasteiger partial charge is 0.496 e. The predicted molar refractivity (Wildman–Crippen MR) is 138 cm³/mol. The van der Waals surface area contributed by atoms with Crippen LogP contribution in [-0.2, 0) is 11.3 Å². The highest BCUT2D eigenvalue weighted by Gasteiger charge is 2.34. The van der Waals surface area contributed by atoms with Crippen molar-refractivity contribution < 1.29 is 9.53 Å². The van der Waals surface area contributed by atoms with Crippen molar-refractivity contribution in [2.24, 2.45) is 5.92 Å². The minimum absolute atomic E-state index is 0.299. The van der Waals surface area contributed by atoms with E-state index in [0.717, 1.165) is 79.3 Å². The van der Waals surface area contributed by atoms with E-state index in [4.69, 9.17) is 4.74 Å². The number of fused-ring (bicyclic) bond motifs is 1. The Morgan fingerprint density at radius 3 is 2.78 bits per heavy atom. The van der Waals surface area contributed by atoms with Gasteiger partial charge in [0, 0.05) is 62.8 Å². The van der Waals surface area contributed by atoms with Gasteiger partial charge >= 0.3 is 0 Å². The van der Waals surface area contributed by atoms with Gasteiger partial charge in [0.2, 0.25) is 11.9 Å². The first-order valence-corrected chi connectivity index (χ1v) is 12.4. The second kappa shape index (κ2) is 9.58. The number of nitrogens with one attached hydrogen (secondary N) is 2. The van der Waals surface area contributed by atoms with E-state index >= 15 is 0 Å². The molecule has 0 spiro atoms. The van der Waals surface area contributed by atoms with Crippen LogP contribution < -0.4 is 10.1 Å². The molecule has 9 nitrogen and oxygen atoms in total. The summed E-state index contributed by atoms with van der Waals surface area (Å²) in [6, 6.07) is 12.0. The zero-order chi connectivity index (χ0) is 24.5. The van der Waals surface area contributed by atoms with Crippen LogP contribution in [0.5, 0.6) is 5.75 Å². The third kappa shape index (κ3) is 4.74. The zero-order valence-corrected chi connectivity index (χ0v) is 20.3. The number of hydrogen-bond donors (Lipinski definition) is 2. The van der Waals surface area contributed by atoms with Crippen LogP contribution in [0.1, 0.15) is 18.4 Å². The summed E-state index contributed by atoms with van der Waals surface area (Å²) in [7, 11) is 1.66. The summed E-state index contributed by atoms with van der Waals surface area (Å²) in [6.45, 7) is 4.27. The molecule has 0 bridgehead atoms. The fourth-order valence-electron chi connectivity index (χ4n) is 4.75. The molecule has 9 heteroatoms. The highest BCUT2D eigenvalue weighted by atomic mass is 16.5. The normalized spacial score (nSPS) is 16.3. The van der Waals surface area contributed by atoms with E-state index in [1.807, 2.05) is 41.4 Å². The second-order valence-corrected chi connectivity index (χ2v) is 9.44. The number of H-pyrrole nitrogens is 1. The Kier molecular flexibility index (Phi) is 5.98. The van der Waals surface area contributed by atoms with Crippen molar-refractivity contribution in [2.45, 2.75) is 19.4 Å². The van der Waals surface area contributed by atoms with Gasteiger partial charge in [0.05, 0.1) is 18.1 Å². The van der Waals surface area contributed by atoms with Crippen LogP contribution in [0.2, 0.25) is 0 Å². The Morgan fingerprint density at radius 1 is 1.11 bits per heavy atom. The van der Waals surface area contributed by atoms with E-state index in [1.165, 1.54) is 5.56 Å². The highest BCUT2D eigenvalue weighted by Crippen LogP contribution is 2.32. The molecule has 4 heterocycles. The molecule has 1 saturated carbocycles. The maximum atomic E-state index is 12.3. The molecule has 1 aliphatic heterocycles. The van der Waals surface area contributed by atoms with E-state index < -0.39 is 0 Å². The van der Waals surface area contributed by atoms with Crippen LogP contribution in [0, 0.1) is 5.92 Å². The molecular formula is C27H29N7O2. The van der Waals surface area contributed by atoms with Gasteiger partial charge in [0.1, 0.15) is 11.6 Å². The van der Waals surface area contributed by atoms with E-state index in [9.17, 15) is 4.79 Å². The number of carbonyl (C=O) groups excluding carboxylic acids is 1. The van der Waals surface area contributed by atoms with Crippen LogP contribution in [0.3, 0.4) is 0 Å². The number of amides is 1. The fraction of sp³-hybridized carbons (Fsp3) is 0.333. The fourth-order valence-corrected chi connectivity index (χ4v) is 4.75. The molecule has 1 saturated heterocycles. The minimum Gasteiger partial charge on any atom is -0.496 e. The first-order valence-electron chi connectivity index (χ1n) is 12.4. The summed E-state index contributed by atoms with van der Waals surface area (Å²) in [4.78, 5) is 33.5. The van der Waals surface area contributed by atoms with Gasteiger partial charge in [-0.2, -0.15) is 0 Å². The lowest BCUT2D eigenvalue weighted by Gasteiger charge is -2.34. The monoisotopic (exact) mass is 483 g/mol. The zero-order valence-electron chi connectivity index (χ0n) is 20.3. The Balaban J connectivity index is 1.12. The first-order chi connectivity index (χ1) is 17.7. The molecule has 3 aromatic heterocycles. The number of rotatable bonds is 7. The van der Waals surface area contributed by atoms with Gasteiger partial charge in [0.15, 0.2) is 0 Å². The smallest absolute Gasteiger partial charge is 0.225 e. The van der Waals surface area contributed by atoms with Gasteiger partial charge in [-0.1, -0.05) is 6.07 Å². The molecule has 2 N–H and O–H groups in total. The van der Waals surface area contributed by atoms with Crippen LogP contribution in [-0.4, -0.2) is 68.9 Å². The summed E-state index contributed by atoms with van der Waals surface area (Å²) in [6.07, 6.45) is 7.47. The van der Waals surface area contributed by atoms with Gasteiger partial charge in [0.25, 0.3) is 0 Å². The van der Waals surface area contributed by atoms with E-state index in [2.05, 4.69) is 36.2 Å². The van der Waals surface area contributed by atoms with Gasteiger partial charge in [-0.25, -0.2) is 9.97 Å². The van der Waals surface area contributed by atoms with Gasteiger partial charge in [-0.15, -0.1) is 0 Å². The Morgan fingerprint density at radius 2 is 1.97 bits per heavy atom. The summed E-state index contributed by atoms with van der Waals surface area (Å²) < 4.78 is 5.48. The Labute approximate surface area is 209 Å². The van der Waals surface area contributed by atoms with Gasteiger partial charge in [-0.3, -0.25) is 14.7 Å². The summed E-state index contributed by atoms with van der Waals surface area (Å²) >= 11 is 0. The molecule has 0 atom stereocenters. The number of benzene rings is 1. The van der Waals surface area contributed by atoms with Gasteiger partial charge < -0.3 is 19.9 Å². The SMILES string of the molecule is COc1ccncc1-c1ccc2nc(Nc3cc(CN4CCN(C(=O)C5CC5)CC4)ccn3)[nH]c2c1. The van der Waals surface area contributed by atoms with Crippen molar-refractivity contribution in [1.82, 2.24) is 29.7 Å².